The maximum absolute atomic E-state index is 16.7. The lowest BCUT2D eigenvalue weighted by Gasteiger charge is -2.67. The first kappa shape index (κ1) is 53.3. The van der Waals surface area contributed by atoms with Crippen LogP contribution in [0.5, 0.6) is 11.5 Å². The van der Waals surface area contributed by atoms with Crippen molar-refractivity contribution in [3.63, 3.8) is 0 Å². The van der Waals surface area contributed by atoms with Gasteiger partial charge in [-0.05, 0) is 79.1 Å². The number of para-hydroxylation sites is 2. The largest absolute Gasteiger partial charge is 0.482 e. The topological polar surface area (TPSA) is 218 Å². The first-order valence-corrected chi connectivity index (χ1v) is 25.8. The standard InChI is InChI=1S/C61H59NO16/c1-36-43(73-57(68)51-49(38-21-11-6-12-22-38)62-55(76-51)39-23-13-7-14-24-39)32-61(69)54(77-56(67)40-25-15-8-16-26-40)52-59(5,53(66)50(48(36)58(61,3)4)75-47(65)34-71-42-29-19-10-20-30-42)44(31-45-60(52,35-72-45)78-37(2)63)74-46(64)33-70-41-27-17-9-18-28-41/h6-30,43-45,49-52,54,69H,31-35H2,1-5H3/t43?,44-,45+,49+,50+,51+,52-,54-,59+,60-,61+/m0/s1. The molecule has 1 N–H and O–H groups in total. The van der Waals surface area contributed by atoms with E-state index in [1.54, 1.807) is 136 Å². The Hall–Kier alpha value is -8.15. The summed E-state index contributed by atoms with van der Waals surface area (Å²) in [6, 6.07) is 42.1. The molecule has 0 amide bonds. The zero-order valence-electron chi connectivity index (χ0n) is 43.6. The molecule has 17 nitrogen and oxygen atoms in total. The van der Waals surface area contributed by atoms with Gasteiger partial charge < -0.3 is 47.7 Å². The van der Waals surface area contributed by atoms with Crippen LogP contribution in [0.3, 0.4) is 0 Å². The van der Waals surface area contributed by atoms with Gasteiger partial charge in [0, 0.05) is 30.7 Å². The van der Waals surface area contributed by atoms with Gasteiger partial charge in [-0.25, -0.2) is 24.2 Å². The number of aliphatic imine (C=N–C) groups is 1. The number of carbonyl (C=O) groups is 6. The van der Waals surface area contributed by atoms with Gasteiger partial charge in [-0.15, -0.1) is 0 Å². The van der Waals surface area contributed by atoms with E-state index in [2.05, 4.69) is 0 Å². The summed E-state index contributed by atoms with van der Waals surface area (Å²) < 4.78 is 56.4. The van der Waals surface area contributed by atoms with Crippen LogP contribution in [-0.2, 0) is 57.1 Å². The van der Waals surface area contributed by atoms with E-state index in [1.807, 2.05) is 24.3 Å². The lowest BCUT2D eigenvalue weighted by molar-refractivity contribution is -0.346. The number of aliphatic hydroxyl groups is 1. The van der Waals surface area contributed by atoms with E-state index in [4.69, 9.17) is 47.6 Å². The molecule has 404 valence electrons. The van der Waals surface area contributed by atoms with Gasteiger partial charge in [-0.3, -0.25) is 9.59 Å². The Balaban J connectivity index is 1.14. The van der Waals surface area contributed by atoms with E-state index in [9.17, 15) is 24.3 Å². The molecule has 5 aromatic rings. The van der Waals surface area contributed by atoms with Gasteiger partial charge in [-0.2, -0.15) is 0 Å². The fraction of sp³-hybridized carbons (Fsp3) is 0.361. The SMILES string of the molecule is CC(=O)O[C@@]12CO[C@@H]1C[C@H](OC(=O)COc1ccccc1)[C@@]1(C)C(=O)[C@H](OC(=O)COc3ccccc3)C3=C(C)C(OC(=O)[C@@H]4OC(c5ccccc5)=N[C@@H]4c4ccccc4)C[C@@](O)([C@@H](OC(=O)c4ccccc4)[C@H]21)C3(C)C. The van der Waals surface area contributed by atoms with Gasteiger partial charge in [0.15, 0.2) is 30.7 Å². The highest BCUT2D eigenvalue weighted by Gasteiger charge is 2.79. The number of fused-ring (bicyclic) bond motifs is 5. The molecular formula is C61H59NO16. The summed E-state index contributed by atoms with van der Waals surface area (Å²) in [4.78, 5) is 93.5. The number of hydrogen-bond donors (Lipinski definition) is 1. The Morgan fingerprint density at radius 1 is 0.705 bits per heavy atom. The normalized spacial score (nSPS) is 29.5. The van der Waals surface area contributed by atoms with Crippen molar-refractivity contribution in [3.8, 4) is 11.5 Å². The van der Waals surface area contributed by atoms with Crippen LogP contribution in [0.4, 0.5) is 0 Å². The van der Waals surface area contributed by atoms with Crippen molar-refractivity contribution in [2.24, 2.45) is 21.7 Å². The number of hydrogen-bond acceptors (Lipinski definition) is 17. The van der Waals surface area contributed by atoms with Crippen LogP contribution in [0, 0.1) is 16.7 Å². The van der Waals surface area contributed by atoms with Crippen LogP contribution >= 0.6 is 0 Å². The summed E-state index contributed by atoms with van der Waals surface area (Å²) in [5.41, 5.74) is -6.75. The number of ketones is 1. The summed E-state index contributed by atoms with van der Waals surface area (Å²) in [5.74, 6) is -6.25. The molecule has 1 unspecified atom stereocenters. The van der Waals surface area contributed by atoms with Crippen molar-refractivity contribution >= 4 is 41.5 Å². The smallest absolute Gasteiger partial charge is 0.350 e. The van der Waals surface area contributed by atoms with E-state index in [0.29, 0.717) is 22.6 Å². The molecule has 2 saturated carbocycles. The van der Waals surface area contributed by atoms with Crippen LogP contribution in [-0.4, -0.2) is 114 Å². The van der Waals surface area contributed by atoms with Crippen molar-refractivity contribution < 1.29 is 76.5 Å². The summed E-state index contributed by atoms with van der Waals surface area (Å²) in [6.07, 6.45) is -10.1. The number of esters is 5. The number of benzene rings is 5. The Morgan fingerprint density at radius 2 is 1.26 bits per heavy atom. The second-order valence-corrected chi connectivity index (χ2v) is 20.9. The number of carbonyl (C=O) groups excluding carboxylic acids is 6. The van der Waals surface area contributed by atoms with Gasteiger partial charge in [0.25, 0.3) is 0 Å². The number of nitrogens with zero attached hydrogens (tertiary/aromatic N) is 1. The third-order valence-corrected chi connectivity index (χ3v) is 16.0. The van der Waals surface area contributed by atoms with Crippen LogP contribution in [0.15, 0.2) is 168 Å². The molecule has 0 aromatic heterocycles. The van der Waals surface area contributed by atoms with E-state index >= 15 is 9.59 Å². The molecule has 2 aliphatic heterocycles. The Morgan fingerprint density at radius 3 is 1.82 bits per heavy atom. The maximum Gasteiger partial charge on any atom is 0.350 e. The quantitative estimate of drug-likeness (QED) is 0.0610. The fourth-order valence-corrected chi connectivity index (χ4v) is 12.1. The van der Waals surface area contributed by atoms with Gasteiger partial charge in [0.2, 0.25) is 12.0 Å². The zero-order valence-corrected chi connectivity index (χ0v) is 43.6. The zero-order chi connectivity index (χ0) is 55.0. The average Bonchev–Trinajstić information content (AvgIpc) is 2.15. The minimum atomic E-state index is -2.45. The third-order valence-electron chi connectivity index (χ3n) is 16.0. The Bertz CT molecular complexity index is 3130. The van der Waals surface area contributed by atoms with Crippen LogP contribution in [0.25, 0.3) is 0 Å². The highest BCUT2D eigenvalue weighted by molar-refractivity contribution is 5.98. The minimum absolute atomic E-state index is 0.00766. The molecule has 0 spiro atoms. The van der Waals surface area contributed by atoms with Gasteiger partial charge in [0.1, 0.15) is 47.6 Å². The van der Waals surface area contributed by atoms with E-state index in [1.165, 1.54) is 26.0 Å². The van der Waals surface area contributed by atoms with Crippen molar-refractivity contribution in [1.82, 2.24) is 0 Å². The predicted octanol–water partition coefficient (Wildman–Crippen LogP) is 7.48. The molecule has 78 heavy (non-hydrogen) atoms. The van der Waals surface area contributed by atoms with Crippen LogP contribution in [0.1, 0.15) is 75.0 Å². The van der Waals surface area contributed by atoms with E-state index in [0.717, 1.165) is 0 Å². The second kappa shape index (κ2) is 21.3. The van der Waals surface area contributed by atoms with Gasteiger partial charge >= 0.3 is 29.8 Å². The molecule has 5 aliphatic rings. The van der Waals surface area contributed by atoms with Crippen molar-refractivity contribution in [2.75, 3.05) is 19.8 Å². The molecular weight excluding hydrogens is 1000 g/mol. The molecule has 5 aromatic carbocycles. The second-order valence-electron chi connectivity index (χ2n) is 20.9. The summed E-state index contributed by atoms with van der Waals surface area (Å²) in [6.45, 7) is 5.76. The van der Waals surface area contributed by atoms with Crippen LogP contribution in [0.2, 0.25) is 0 Å². The highest BCUT2D eigenvalue weighted by atomic mass is 16.6. The summed E-state index contributed by atoms with van der Waals surface area (Å²) in [7, 11) is 0. The lowest BCUT2D eigenvalue weighted by Crippen LogP contribution is -2.82. The first-order chi connectivity index (χ1) is 37.4. The van der Waals surface area contributed by atoms with E-state index < -0.39 is 126 Å². The number of Topliss-reactive ketones (excluding diaryl/α,β-unsaturated/α-hetero) is 1. The minimum Gasteiger partial charge on any atom is -0.482 e. The molecule has 17 heteroatoms. The maximum atomic E-state index is 16.7. The Kier molecular flexibility index (Phi) is 14.6. The molecule has 1 saturated heterocycles. The highest BCUT2D eigenvalue weighted by Crippen LogP contribution is 2.65. The third kappa shape index (κ3) is 9.69. The number of ether oxygens (including phenoxy) is 9. The summed E-state index contributed by atoms with van der Waals surface area (Å²) >= 11 is 0. The van der Waals surface area contributed by atoms with Crippen molar-refractivity contribution in [1.29, 1.82) is 0 Å². The lowest BCUT2D eigenvalue weighted by atomic mass is 9.44. The Labute approximate surface area is 450 Å². The molecule has 2 heterocycles. The van der Waals surface area contributed by atoms with Crippen LogP contribution < -0.4 is 9.47 Å². The number of rotatable bonds is 15. The summed E-state index contributed by atoms with van der Waals surface area (Å²) in [5, 5.41) is 14.3. The van der Waals surface area contributed by atoms with Gasteiger partial charge in [-0.1, -0.05) is 117 Å². The molecule has 2 bridgehead atoms. The molecule has 0 radical (unpaired) electrons. The predicted molar refractivity (Wildman–Crippen MR) is 278 cm³/mol. The molecule has 3 aliphatic carbocycles. The van der Waals surface area contributed by atoms with E-state index in [-0.39, 0.29) is 35.6 Å². The van der Waals surface area contributed by atoms with Gasteiger partial charge in [0.05, 0.1) is 23.5 Å². The monoisotopic (exact) mass is 1060 g/mol. The van der Waals surface area contributed by atoms with Crippen molar-refractivity contribution in [2.45, 2.75) is 101 Å². The average molecular weight is 1060 g/mol. The molecule has 3 fully saturated rings. The molecule has 10 rings (SSSR count). The first-order valence-electron chi connectivity index (χ1n) is 25.8. The molecule has 11 atom stereocenters. The fourth-order valence-electron chi connectivity index (χ4n) is 12.1. The van der Waals surface area contributed by atoms with Crippen molar-refractivity contribution in [3.05, 3.63) is 179 Å².